The Morgan fingerprint density at radius 2 is 2.19 bits per heavy atom. The molecule has 0 aliphatic carbocycles. The van der Waals surface area contributed by atoms with E-state index in [0.29, 0.717) is 11.7 Å². The number of nitrogens with one attached hydrogen (secondary N) is 2. The summed E-state index contributed by atoms with van der Waals surface area (Å²) in [6.45, 7) is 1.84. The molecule has 0 radical (unpaired) electrons. The third kappa shape index (κ3) is 2.84. The zero-order valence-corrected chi connectivity index (χ0v) is 9.50. The maximum Gasteiger partial charge on any atom is 0.292 e. The fourth-order valence-electron chi connectivity index (χ4n) is 1.75. The molecule has 1 aliphatic heterocycles. The highest BCUT2D eigenvalue weighted by atomic mass is 35.5. The second kappa shape index (κ2) is 5.67. The van der Waals surface area contributed by atoms with E-state index in [1.165, 1.54) is 6.07 Å². The first kappa shape index (κ1) is 12.7. The van der Waals surface area contributed by atoms with E-state index in [9.17, 15) is 10.1 Å². The second-order valence-corrected chi connectivity index (χ2v) is 3.61. The molecule has 1 atom stereocenters. The van der Waals surface area contributed by atoms with Crippen LogP contribution < -0.4 is 10.6 Å². The average Bonchev–Trinajstić information content (AvgIpc) is 2.71. The van der Waals surface area contributed by atoms with Crippen molar-refractivity contribution in [2.75, 3.05) is 18.4 Å². The molecule has 5 nitrogen and oxygen atoms in total. The van der Waals surface area contributed by atoms with E-state index in [1.807, 2.05) is 0 Å². The fourth-order valence-corrected chi connectivity index (χ4v) is 1.75. The maximum absolute atomic E-state index is 10.7. The van der Waals surface area contributed by atoms with Crippen LogP contribution >= 0.6 is 12.4 Å². The van der Waals surface area contributed by atoms with Crippen LogP contribution in [0.2, 0.25) is 0 Å². The predicted octanol–water partition coefficient (Wildman–Crippen LogP) is 1.79. The van der Waals surface area contributed by atoms with Gasteiger partial charge in [-0.15, -0.1) is 12.4 Å². The van der Waals surface area contributed by atoms with E-state index in [4.69, 9.17) is 0 Å². The predicted molar refractivity (Wildman–Crippen MR) is 65.2 cm³/mol. The zero-order valence-electron chi connectivity index (χ0n) is 8.68. The lowest BCUT2D eigenvalue weighted by Gasteiger charge is -2.12. The van der Waals surface area contributed by atoms with Crippen LogP contribution in [-0.4, -0.2) is 24.1 Å². The number of hydrogen-bond donors (Lipinski definition) is 2. The SMILES string of the molecule is Cl.O=[N+]([O-])c1ccccc1N[C@H]1CCNC1. The molecule has 0 amide bonds. The second-order valence-electron chi connectivity index (χ2n) is 3.61. The minimum absolute atomic E-state index is 0. The molecule has 0 unspecified atom stereocenters. The van der Waals surface area contributed by atoms with Gasteiger partial charge in [-0.3, -0.25) is 10.1 Å². The minimum atomic E-state index is -0.356. The molecule has 1 aromatic rings. The van der Waals surface area contributed by atoms with Crippen molar-refractivity contribution in [1.29, 1.82) is 0 Å². The lowest BCUT2D eigenvalue weighted by molar-refractivity contribution is -0.384. The van der Waals surface area contributed by atoms with Crippen molar-refractivity contribution in [2.45, 2.75) is 12.5 Å². The molecule has 88 valence electrons. The van der Waals surface area contributed by atoms with Crippen molar-refractivity contribution in [3.63, 3.8) is 0 Å². The van der Waals surface area contributed by atoms with Gasteiger partial charge in [0.25, 0.3) is 5.69 Å². The number of nitro benzene ring substituents is 1. The number of para-hydroxylation sites is 2. The van der Waals surface area contributed by atoms with Gasteiger partial charge in [0.15, 0.2) is 0 Å². The van der Waals surface area contributed by atoms with E-state index in [0.717, 1.165) is 19.5 Å². The highest BCUT2D eigenvalue weighted by Gasteiger charge is 2.18. The lowest BCUT2D eigenvalue weighted by Crippen LogP contribution is -2.22. The molecule has 0 aromatic heterocycles. The van der Waals surface area contributed by atoms with Crippen LogP contribution in [-0.2, 0) is 0 Å². The highest BCUT2D eigenvalue weighted by Crippen LogP contribution is 2.24. The molecule has 2 rings (SSSR count). The topological polar surface area (TPSA) is 67.2 Å². The summed E-state index contributed by atoms with van der Waals surface area (Å²) in [6, 6.07) is 7.04. The van der Waals surface area contributed by atoms with Crippen LogP contribution in [0.5, 0.6) is 0 Å². The van der Waals surface area contributed by atoms with Crippen LogP contribution in [0, 0.1) is 10.1 Å². The summed E-state index contributed by atoms with van der Waals surface area (Å²) in [5.74, 6) is 0. The first-order valence-electron chi connectivity index (χ1n) is 4.98. The van der Waals surface area contributed by atoms with Gasteiger partial charge in [0.05, 0.1) is 4.92 Å². The van der Waals surface area contributed by atoms with E-state index in [-0.39, 0.29) is 23.0 Å². The van der Waals surface area contributed by atoms with E-state index in [1.54, 1.807) is 18.2 Å². The molecular formula is C10H14ClN3O2. The molecule has 6 heteroatoms. The Hall–Kier alpha value is -1.33. The molecular weight excluding hydrogens is 230 g/mol. The van der Waals surface area contributed by atoms with Crippen molar-refractivity contribution < 1.29 is 4.92 Å². The summed E-state index contributed by atoms with van der Waals surface area (Å²) in [4.78, 5) is 10.4. The first-order valence-corrected chi connectivity index (χ1v) is 4.98. The first-order chi connectivity index (χ1) is 7.27. The van der Waals surface area contributed by atoms with Crippen LogP contribution in [0.15, 0.2) is 24.3 Å². The molecule has 1 fully saturated rings. The minimum Gasteiger partial charge on any atom is -0.375 e. The van der Waals surface area contributed by atoms with Gasteiger partial charge in [0.1, 0.15) is 5.69 Å². The largest absolute Gasteiger partial charge is 0.375 e. The Labute approximate surface area is 99.8 Å². The number of halogens is 1. The molecule has 16 heavy (non-hydrogen) atoms. The number of rotatable bonds is 3. The molecule has 0 spiro atoms. The Balaban J connectivity index is 0.00000128. The molecule has 0 bridgehead atoms. The summed E-state index contributed by atoms with van der Waals surface area (Å²) >= 11 is 0. The van der Waals surface area contributed by atoms with Gasteiger partial charge in [0.2, 0.25) is 0 Å². The summed E-state index contributed by atoms with van der Waals surface area (Å²) in [6.07, 6.45) is 1.01. The Morgan fingerprint density at radius 3 is 2.81 bits per heavy atom. The fraction of sp³-hybridized carbons (Fsp3) is 0.400. The zero-order chi connectivity index (χ0) is 10.7. The number of anilines is 1. The molecule has 1 aliphatic rings. The summed E-state index contributed by atoms with van der Waals surface area (Å²) < 4.78 is 0. The van der Waals surface area contributed by atoms with Crippen LogP contribution in [0.4, 0.5) is 11.4 Å². The smallest absolute Gasteiger partial charge is 0.292 e. The summed E-state index contributed by atoms with van der Waals surface area (Å²) in [5, 5.41) is 17.1. The van der Waals surface area contributed by atoms with Gasteiger partial charge in [-0.2, -0.15) is 0 Å². The van der Waals surface area contributed by atoms with Crippen molar-refractivity contribution in [3.8, 4) is 0 Å². The van der Waals surface area contributed by atoms with E-state index < -0.39 is 0 Å². The third-order valence-electron chi connectivity index (χ3n) is 2.52. The van der Waals surface area contributed by atoms with Crippen molar-refractivity contribution in [3.05, 3.63) is 34.4 Å². The van der Waals surface area contributed by atoms with Gasteiger partial charge in [0, 0.05) is 18.7 Å². The molecule has 1 aromatic carbocycles. The Morgan fingerprint density at radius 1 is 1.44 bits per heavy atom. The summed E-state index contributed by atoms with van der Waals surface area (Å²) in [5.41, 5.74) is 0.751. The maximum atomic E-state index is 10.7. The molecule has 2 N–H and O–H groups in total. The Kier molecular flexibility index (Phi) is 4.52. The number of nitrogens with zero attached hydrogens (tertiary/aromatic N) is 1. The van der Waals surface area contributed by atoms with Crippen molar-refractivity contribution in [1.82, 2.24) is 5.32 Å². The van der Waals surface area contributed by atoms with Crippen molar-refractivity contribution in [2.24, 2.45) is 0 Å². The van der Waals surface area contributed by atoms with E-state index in [2.05, 4.69) is 10.6 Å². The van der Waals surface area contributed by atoms with Gasteiger partial charge >= 0.3 is 0 Å². The van der Waals surface area contributed by atoms with Gasteiger partial charge in [-0.25, -0.2) is 0 Å². The normalized spacial score (nSPS) is 18.9. The lowest BCUT2D eigenvalue weighted by atomic mass is 10.2. The molecule has 1 saturated heterocycles. The third-order valence-corrected chi connectivity index (χ3v) is 2.52. The van der Waals surface area contributed by atoms with Gasteiger partial charge in [-0.1, -0.05) is 12.1 Å². The van der Waals surface area contributed by atoms with Crippen LogP contribution in [0.1, 0.15) is 6.42 Å². The molecule has 1 heterocycles. The van der Waals surface area contributed by atoms with Crippen molar-refractivity contribution >= 4 is 23.8 Å². The Bertz CT molecular complexity index is 367. The number of hydrogen-bond acceptors (Lipinski definition) is 4. The van der Waals surface area contributed by atoms with Crippen LogP contribution in [0.25, 0.3) is 0 Å². The highest BCUT2D eigenvalue weighted by molar-refractivity contribution is 5.85. The van der Waals surface area contributed by atoms with E-state index >= 15 is 0 Å². The van der Waals surface area contributed by atoms with Gasteiger partial charge in [-0.05, 0) is 19.0 Å². The van der Waals surface area contributed by atoms with Gasteiger partial charge < -0.3 is 10.6 Å². The average molecular weight is 244 g/mol. The number of benzene rings is 1. The monoisotopic (exact) mass is 243 g/mol. The quantitative estimate of drug-likeness (QED) is 0.627. The summed E-state index contributed by atoms with van der Waals surface area (Å²) in [7, 11) is 0. The number of nitro groups is 1. The molecule has 0 saturated carbocycles. The van der Waals surface area contributed by atoms with Crippen LogP contribution in [0.3, 0.4) is 0 Å². The standard InChI is InChI=1S/C10H13N3O2.ClH/c14-13(15)10-4-2-1-3-9(10)12-8-5-6-11-7-8;/h1-4,8,11-12H,5-7H2;1H/t8-;/m0./s1.